The molecular formula is C15H31N3O2. The van der Waals surface area contributed by atoms with Gasteiger partial charge in [-0.3, -0.25) is 10.6 Å². The number of hydrogen-bond donors (Lipinski definition) is 3. The maximum Gasteiger partial charge on any atom is 0.212 e. The number of rotatable bonds is 13. The first kappa shape index (κ1) is 18.9. The van der Waals surface area contributed by atoms with Crippen LogP contribution in [-0.2, 0) is 4.79 Å². The van der Waals surface area contributed by atoms with Crippen molar-refractivity contribution >= 4 is 11.7 Å². The molecule has 4 N–H and O–H groups in total. The Bertz CT molecular complexity index is 270. The highest BCUT2D eigenvalue weighted by molar-refractivity contribution is 5.75. The lowest BCUT2D eigenvalue weighted by Crippen LogP contribution is -2.34. The van der Waals surface area contributed by atoms with Gasteiger partial charge in [-0.25, -0.2) is 5.06 Å². The fraction of sp³-hybridized carbons (Fsp3) is 0.867. The van der Waals surface area contributed by atoms with Gasteiger partial charge in [-0.15, -0.1) is 0 Å². The number of nitrogens with two attached hydrogens (primary N) is 1. The van der Waals surface area contributed by atoms with Gasteiger partial charge >= 0.3 is 0 Å². The summed E-state index contributed by atoms with van der Waals surface area (Å²) in [6, 6.07) is 0. The first-order valence-electron chi connectivity index (χ1n) is 7.84. The number of hydroxylamine groups is 2. The molecule has 0 atom stereocenters. The van der Waals surface area contributed by atoms with Gasteiger partial charge in [0.1, 0.15) is 5.78 Å². The molecule has 0 aliphatic carbocycles. The van der Waals surface area contributed by atoms with Crippen LogP contribution in [0.25, 0.3) is 0 Å². The van der Waals surface area contributed by atoms with Crippen LogP contribution in [0.1, 0.15) is 77.6 Å². The van der Waals surface area contributed by atoms with Crippen LogP contribution in [0.15, 0.2) is 0 Å². The molecule has 0 aromatic heterocycles. The number of carbonyl (C=O) groups is 1. The molecule has 0 bridgehead atoms. The van der Waals surface area contributed by atoms with Gasteiger partial charge in [-0.05, 0) is 19.8 Å². The van der Waals surface area contributed by atoms with E-state index in [9.17, 15) is 4.79 Å². The minimum Gasteiger partial charge on any atom is -0.368 e. The van der Waals surface area contributed by atoms with Crippen LogP contribution in [0.4, 0.5) is 0 Å². The first-order chi connectivity index (χ1) is 9.54. The van der Waals surface area contributed by atoms with Gasteiger partial charge in [0.05, 0.1) is 0 Å². The van der Waals surface area contributed by atoms with Crippen LogP contribution in [0.5, 0.6) is 0 Å². The average Bonchev–Trinajstić information content (AvgIpc) is 2.39. The van der Waals surface area contributed by atoms with Gasteiger partial charge < -0.3 is 10.5 Å². The molecule has 20 heavy (non-hydrogen) atoms. The Morgan fingerprint density at radius 1 is 0.950 bits per heavy atom. The lowest BCUT2D eigenvalue weighted by atomic mass is 10.1. The van der Waals surface area contributed by atoms with E-state index in [1.807, 2.05) is 0 Å². The van der Waals surface area contributed by atoms with E-state index in [2.05, 4.69) is 0 Å². The predicted octanol–water partition coefficient (Wildman–Crippen LogP) is 3.45. The van der Waals surface area contributed by atoms with Gasteiger partial charge in [0.25, 0.3) is 0 Å². The van der Waals surface area contributed by atoms with Gasteiger partial charge in [0, 0.05) is 13.0 Å². The van der Waals surface area contributed by atoms with Crippen molar-refractivity contribution in [3.63, 3.8) is 0 Å². The van der Waals surface area contributed by atoms with E-state index in [0.29, 0.717) is 12.3 Å². The van der Waals surface area contributed by atoms with Crippen molar-refractivity contribution in [2.45, 2.75) is 77.6 Å². The fourth-order valence-electron chi connectivity index (χ4n) is 2.17. The summed E-state index contributed by atoms with van der Waals surface area (Å²) in [6.07, 6.45) is 12.4. The molecule has 0 unspecified atom stereocenters. The second-order valence-corrected chi connectivity index (χ2v) is 5.50. The van der Waals surface area contributed by atoms with Gasteiger partial charge in [-0.2, -0.15) is 0 Å². The molecule has 5 nitrogen and oxygen atoms in total. The third-order valence-electron chi connectivity index (χ3n) is 3.43. The van der Waals surface area contributed by atoms with E-state index in [4.69, 9.17) is 16.4 Å². The van der Waals surface area contributed by atoms with Crippen LogP contribution >= 0.6 is 0 Å². The summed E-state index contributed by atoms with van der Waals surface area (Å²) in [5.41, 5.74) is 5.12. The van der Waals surface area contributed by atoms with Crippen molar-refractivity contribution in [2.75, 3.05) is 6.54 Å². The number of ketones is 1. The molecular weight excluding hydrogens is 254 g/mol. The lowest BCUT2D eigenvalue weighted by Gasteiger charge is -2.13. The Hall–Kier alpha value is -1.10. The number of unbranched alkanes of at least 4 members (excludes halogenated alkanes) is 9. The first-order valence-corrected chi connectivity index (χ1v) is 7.84. The predicted molar refractivity (Wildman–Crippen MR) is 81.9 cm³/mol. The molecule has 0 heterocycles. The average molecular weight is 285 g/mol. The minimum absolute atomic E-state index is 0.283. The molecule has 0 radical (unpaired) electrons. The molecule has 0 fully saturated rings. The summed E-state index contributed by atoms with van der Waals surface area (Å²) in [5, 5.41) is 17.0. The van der Waals surface area contributed by atoms with E-state index in [1.165, 1.54) is 44.9 Å². The quantitative estimate of drug-likeness (QED) is 0.209. The van der Waals surface area contributed by atoms with Crippen molar-refractivity contribution < 1.29 is 10.0 Å². The van der Waals surface area contributed by atoms with E-state index in [1.54, 1.807) is 6.92 Å². The molecule has 0 aliphatic rings. The number of hydrogen-bond acceptors (Lipinski definition) is 3. The monoisotopic (exact) mass is 285 g/mol. The summed E-state index contributed by atoms with van der Waals surface area (Å²) >= 11 is 0. The Labute approximate surface area is 123 Å². The number of nitrogens with one attached hydrogen (secondary N) is 1. The molecule has 5 heteroatoms. The SMILES string of the molecule is CC(=O)CCCCCCCCCCCCN(O)C(=N)N. The third-order valence-corrected chi connectivity index (χ3v) is 3.43. The summed E-state index contributed by atoms with van der Waals surface area (Å²) in [6.45, 7) is 2.11. The number of nitrogens with zero attached hydrogens (tertiary/aromatic N) is 1. The van der Waals surface area contributed by atoms with Gasteiger partial charge in [0.2, 0.25) is 5.96 Å². The molecule has 0 aliphatic heterocycles. The van der Waals surface area contributed by atoms with Crippen molar-refractivity contribution in [1.29, 1.82) is 5.41 Å². The highest BCUT2D eigenvalue weighted by Crippen LogP contribution is 2.11. The summed E-state index contributed by atoms with van der Waals surface area (Å²) in [5.74, 6) is 0.0194. The van der Waals surface area contributed by atoms with Crippen LogP contribution in [0.2, 0.25) is 0 Å². The zero-order valence-electron chi connectivity index (χ0n) is 12.9. The molecule has 0 aromatic rings. The van der Waals surface area contributed by atoms with Gasteiger partial charge in [0.15, 0.2) is 0 Å². The molecule has 118 valence electrons. The third kappa shape index (κ3) is 13.3. The molecule has 0 amide bonds. The van der Waals surface area contributed by atoms with Crippen LogP contribution in [0.3, 0.4) is 0 Å². The molecule has 0 spiro atoms. The Morgan fingerprint density at radius 3 is 1.75 bits per heavy atom. The van der Waals surface area contributed by atoms with E-state index < -0.39 is 0 Å². The Kier molecular flexibility index (Phi) is 12.2. The van der Waals surface area contributed by atoms with E-state index in [-0.39, 0.29) is 5.96 Å². The lowest BCUT2D eigenvalue weighted by molar-refractivity contribution is -0.117. The maximum absolute atomic E-state index is 10.7. The largest absolute Gasteiger partial charge is 0.368 e. The van der Waals surface area contributed by atoms with E-state index in [0.717, 1.165) is 30.7 Å². The highest BCUT2D eigenvalue weighted by Gasteiger charge is 2.00. The summed E-state index contributed by atoms with van der Waals surface area (Å²) in [4.78, 5) is 10.7. The number of Topliss-reactive ketones (excluding diaryl/α,β-unsaturated/α-hetero) is 1. The van der Waals surface area contributed by atoms with Crippen molar-refractivity contribution in [3.8, 4) is 0 Å². The smallest absolute Gasteiger partial charge is 0.212 e. The zero-order chi connectivity index (χ0) is 15.2. The normalized spacial score (nSPS) is 10.5. The van der Waals surface area contributed by atoms with Crippen molar-refractivity contribution in [1.82, 2.24) is 5.06 Å². The number of carbonyl (C=O) groups excluding carboxylic acids is 1. The fourth-order valence-corrected chi connectivity index (χ4v) is 2.17. The van der Waals surface area contributed by atoms with Crippen molar-refractivity contribution in [3.05, 3.63) is 0 Å². The second kappa shape index (κ2) is 12.9. The van der Waals surface area contributed by atoms with E-state index >= 15 is 0 Å². The molecule has 0 aromatic carbocycles. The van der Waals surface area contributed by atoms with Crippen molar-refractivity contribution in [2.24, 2.45) is 5.73 Å². The molecule has 0 saturated carbocycles. The molecule has 0 saturated heterocycles. The van der Waals surface area contributed by atoms with Crippen LogP contribution < -0.4 is 5.73 Å². The van der Waals surface area contributed by atoms with Gasteiger partial charge in [-0.1, -0.05) is 51.4 Å². The van der Waals surface area contributed by atoms with Crippen LogP contribution in [0, 0.1) is 5.41 Å². The Morgan fingerprint density at radius 2 is 1.35 bits per heavy atom. The van der Waals surface area contributed by atoms with Crippen LogP contribution in [-0.4, -0.2) is 28.6 Å². The summed E-state index contributed by atoms with van der Waals surface area (Å²) < 4.78 is 0. The highest BCUT2D eigenvalue weighted by atomic mass is 16.5. The standard InChI is InChI=1S/C15H31N3O2/c1-14(19)12-10-8-6-4-2-3-5-7-9-11-13-18(20)15(16)17/h20H,2-13H2,1H3,(H3,16,17). The number of guanidine groups is 1. The molecule has 0 rings (SSSR count). The maximum atomic E-state index is 10.7. The Balaban J connectivity index is 3.10. The summed E-state index contributed by atoms with van der Waals surface area (Å²) in [7, 11) is 0. The topological polar surface area (TPSA) is 90.4 Å². The minimum atomic E-state index is -0.283. The zero-order valence-corrected chi connectivity index (χ0v) is 12.9. The second-order valence-electron chi connectivity index (χ2n) is 5.50.